The van der Waals surface area contributed by atoms with Crippen LogP contribution in [-0.4, -0.2) is 40.3 Å². The van der Waals surface area contributed by atoms with Gasteiger partial charge in [0.2, 0.25) is 0 Å². The molecule has 0 amide bonds. The first kappa shape index (κ1) is 16.5. The number of nitrogens with zero attached hydrogens (tertiary/aromatic N) is 5. The van der Waals surface area contributed by atoms with Crippen molar-refractivity contribution < 1.29 is 4.39 Å². The fourth-order valence-corrected chi connectivity index (χ4v) is 3.57. The van der Waals surface area contributed by atoms with Gasteiger partial charge in [0.05, 0.1) is 11.6 Å². The molecule has 5 heterocycles. The van der Waals surface area contributed by atoms with Gasteiger partial charge in [0.25, 0.3) is 0 Å². The predicted molar refractivity (Wildman–Crippen MR) is 110 cm³/mol. The van der Waals surface area contributed by atoms with Crippen molar-refractivity contribution in [3.8, 4) is 33.8 Å². The van der Waals surface area contributed by atoms with Gasteiger partial charge in [0.1, 0.15) is 17.0 Å². The van der Waals surface area contributed by atoms with Crippen LogP contribution in [0, 0.1) is 5.82 Å². The molecule has 0 aliphatic carbocycles. The number of nitrogens with one attached hydrogen (secondary N) is 3. The highest BCUT2D eigenvalue weighted by molar-refractivity contribution is 5.96. The molecule has 0 unspecified atom stereocenters. The number of hydrogen-bond acceptors (Lipinski definition) is 5. The maximum absolute atomic E-state index is 14.4. The summed E-state index contributed by atoms with van der Waals surface area (Å²) in [5, 5.41) is 14.9. The third-order valence-corrected chi connectivity index (χ3v) is 5.02. The van der Waals surface area contributed by atoms with E-state index in [0.29, 0.717) is 39.5 Å². The summed E-state index contributed by atoms with van der Waals surface area (Å²) in [7, 11) is 0. The Balaban J connectivity index is 1.54. The number of rotatable bonds is 3. The van der Waals surface area contributed by atoms with Crippen LogP contribution in [0.5, 0.6) is 0 Å². The Morgan fingerprint density at radius 1 is 0.900 bits per heavy atom. The van der Waals surface area contributed by atoms with E-state index in [1.54, 1.807) is 49.1 Å². The lowest BCUT2D eigenvalue weighted by Crippen LogP contribution is -1.87. The number of H-pyrrole nitrogens is 3. The van der Waals surface area contributed by atoms with Crippen molar-refractivity contribution in [2.75, 3.05) is 0 Å². The maximum atomic E-state index is 14.4. The van der Waals surface area contributed by atoms with E-state index in [-0.39, 0.29) is 5.82 Å². The first-order valence-corrected chi connectivity index (χ1v) is 9.21. The smallest absolute Gasteiger partial charge is 0.161 e. The Bertz CT molecular complexity index is 1510. The zero-order chi connectivity index (χ0) is 20.1. The fraction of sp³-hybridized carbons (Fsp3) is 0. The molecule has 1 aromatic carbocycles. The number of halogens is 1. The molecule has 3 N–H and O–H groups in total. The lowest BCUT2D eigenvalue weighted by molar-refractivity contribution is 0.631. The minimum absolute atomic E-state index is 0.311. The first-order chi connectivity index (χ1) is 14.8. The van der Waals surface area contributed by atoms with Crippen LogP contribution in [0.15, 0.2) is 61.2 Å². The van der Waals surface area contributed by atoms with Gasteiger partial charge in [-0.3, -0.25) is 10.2 Å². The SMILES string of the molecule is Fc1ccccc1-c1ccnc2[nH]c(-c3n[nH]c4ncc(-c5cn[nH]c5)cc34)nc12. The highest BCUT2D eigenvalue weighted by atomic mass is 19.1. The number of imidazole rings is 1. The minimum Gasteiger partial charge on any atom is -0.321 e. The van der Waals surface area contributed by atoms with Crippen molar-refractivity contribution in [1.29, 1.82) is 0 Å². The van der Waals surface area contributed by atoms with Crippen LogP contribution in [0.4, 0.5) is 4.39 Å². The van der Waals surface area contributed by atoms with E-state index < -0.39 is 0 Å². The van der Waals surface area contributed by atoms with Crippen molar-refractivity contribution in [3.63, 3.8) is 0 Å². The quantitative estimate of drug-likeness (QED) is 0.417. The lowest BCUT2D eigenvalue weighted by Gasteiger charge is -2.03. The number of fused-ring (bicyclic) bond motifs is 2. The number of hydrogen-bond donors (Lipinski definition) is 3. The highest BCUT2D eigenvalue weighted by Crippen LogP contribution is 2.32. The second-order valence-corrected chi connectivity index (χ2v) is 6.80. The highest BCUT2D eigenvalue weighted by Gasteiger charge is 2.18. The molecule has 6 aromatic rings. The first-order valence-electron chi connectivity index (χ1n) is 9.21. The normalized spacial score (nSPS) is 11.5. The van der Waals surface area contributed by atoms with E-state index in [2.05, 4.69) is 35.3 Å². The number of benzene rings is 1. The van der Waals surface area contributed by atoms with Gasteiger partial charge in [-0.25, -0.2) is 19.3 Å². The molecule has 6 rings (SSSR count). The third-order valence-electron chi connectivity index (χ3n) is 5.02. The molecule has 0 saturated heterocycles. The molecule has 8 nitrogen and oxygen atoms in total. The molecule has 0 aliphatic rings. The molecule has 5 aromatic heterocycles. The van der Waals surface area contributed by atoms with Gasteiger partial charge in [0, 0.05) is 40.8 Å². The van der Waals surface area contributed by atoms with Crippen molar-refractivity contribution in [3.05, 3.63) is 67.0 Å². The van der Waals surface area contributed by atoms with Gasteiger partial charge < -0.3 is 4.98 Å². The molecule has 0 atom stereocenters. The van der Waals surface area contributed by atoms with Gasteiger partial charge in [-0.05, 0) is 18.2 Å². The van der Waals surface area contributed by atoms with E-state index >= 15 is 0 Å². The third kappa shape index (κ3) is 2.49. The van der Waals surface area contributed by atoms with E-state index in [1.807, 2.05) is 6.07 Å². The van der Waals surface area contributed by atoms with E-state index in [4.69, 9.17) is 4.98 Å². The summed E-state index contributed by atoms with van der Waals surface area (Å²) in [5.41, 5.74) is 5.34. The summed E-state index contributed by atoms with van der Waals surface area (Å²) >= 11 is 0. The Labute approximate surface area is 168 Å². The van der Waals surface area contributed by atoms with Crippen molar-refractivity contribution >= 4 is 22.2 Å². The zero-order valence-corrected chi connectivity index (χ0v) is 15.4. The van der Waals surface area contributed by atoms with Crippen molar-refractivity contribution in [2.45, 2.75) is 0 Å². The number of pyridine rings is 2. The van der Waals surface area contributed by atoms with Gasteiger partial charge in [-0.1, -0.05) is 18.2 Å². The maximum Gasteiger partial charge on any atom is 0.161 e. The summed E-state index contributed by atoms with van der Waals surface area (Å²) in [4.78, 5) is 16.7. The van der Waals surface area contributed by atoms with Gasteiger partial charge in [-0.2, -0.15) is 10.2 Å². The van der Waals surface area contributed by atoms with Crippen LogP contribution >= 0.6 is 0 Å². The molecule has 30 heavy (non-hydrogen) atoms. The molecule has 0 radical (unpaired) electrons. The Morgan fingerprint density at radius 3 is 2.70 bits per heavy atom. The molecular weight excluding hydrogens is 383 g/mol. The van der Waals surface area contributed by atoms with Gasteiger partial charge >= 0.3 is 0 Å². The molecule has 0 saturated carbocycles. The molecule has 144 valence electrons. The largest absolute Gasteiger partial charge is 0.321 e. The summed E-state index contributed by atoms with van der Waals surface area (Å²) in [6.45, 7) is 0. The summed E-state index contributed by atoms with van der Waals surface area (Å²) in [6, 6.07) is 10.3. The molecule has 0 aliphatic heterocycles. The van der Waals surface area contributed by atoms with Crippen LogP contribution in [0.2, 0.25) is 0 Å². The summed E-state index contributed by atoms with van der Waals surface area (Å²) in [5.74, 6) is 0.215. The second kappa shape index (κ2) is 6.31. The molecule has 9 heteroatoms. The standard InChI is InChI=1S/C21H13FN8/c22-16-4-2-1-3-13(16)14-5-6-23-20-17(14)27-21(28-20)18-15-7-11(12-9-25-26-10-12)8-24-19(15)30-29-18/h1-10H,(H,25,26)(H,23,27,28)(H,24,29,30). The molecule has 0 fully saturated rings. The molecular formula is C21H13FN8. The average Bonchev–Trinajstić information content (AvgIpc) is 3.51. The number of aromatic nitrogens is 8. The fourth-order valence-electron chi connectivity index (χ4n) is 3.57. The monoisotopic (exact) mass is 396 g/mol. The van der Waals surface area contributed by atoms with Crippen LogP contribution in [0.3, 0.4) is 0 Å². The molecule has 0 bridgehead atoms. The lowest BCUT2D eigenvalue weighted by atomic mass is 10.1. The van der Waals surface area contributed by atoms with Crippen molar-refractivity contribution in [2.24, 2.45) is 0 Å². The summed E-state index contributed by atoms with van der Waals surface area (Å²) in [6.07, 6.45) is 6.92. The van der Waals surface area contributed by atoms with Crippen LogP contribution in [-0.2, 0) is 0 Å². The van der Waals surface area contributed by atoms with Gasteiger partial charge in [-0.15, -0.1) is 0 Å². The second-order valence-electron chi connectivity index (χ2n) is 6.80. The minimum atomic E-state index is -0.311. The van der Waals surface area contributed by atoms with Crippen LogP contribution in [0.25, 0.3) is 56.0 Å². The average molecular weight is 396 g/mol. The topological polar surface area (TPSA) is 112 Å². The van der Waals surface area contributed by atoms with E-state index in [9.17, 15) is 4.39 Å². The Morgan fingerprint density at radius 2 is 1.83 bits per heavy atom. The predicted octanol–water partition coefficient (Wildman–Crippen LogP) is 4.09. The van der Waals surface area contributed by atoms with E-state index in [0.717, 1.165) is 16.5 Å². The Kier molecular flexibility index (Phi) is 3.48. The van der Waals surface area contributed by atoms with Crippen LogP contribution < -0.4 is 0 Å². The Hall–Kier alpha value is -4.40. The van der Waals surface area contributed by atoms with Gasteiger partial charge in [0.15, 0.2) is 17.1 Å². The van der Waals surface area contributed by atoms with Crippen molar-refractivity contribution in [1.82, 2.24) is 40.3 Å². The summed E-state index contributed by atoms with van der Waals surface area (Å²) < 4.78 is 14.4. The number of aromatic amines is 3. The van der Waals surface area contributed by atoms with Crippen LogP contribution in [0.1, 0.15) is 0 Å². The molecule has 0 spiro atoms. The van der Waals surface area contributed by atoms with E-state index in [1.165, 1.54) is 6.07 Å². The zero-order valence-electron chi connectivity index (χ0n) is 15.4.